The Bertz CT molecular complexity index is 315. The Morgan fingerprint density at radius 1 is 1.54 bits per heavy atom. The van der Waals surface area contributed by atoms with Gasteiger partial charge in [0.1, 0.15) is 5.82 Å². The highest BCUT2D eigenvalue weighted by Gasteiger charge is 2.17. The van der Waals surface area contributed by atoms with Gasteiger partial charge in [-0.25, -0.2) is 13.2 Å². The van der Waals surface area contributed by atoms with Crippen molar-refractivity contribution in [1.29, 1.82) is 0 Å². The first-order valence-corrected chi connectivity index (χ1v) is 4.68. The number of pyridine rings is 1. The van der Waals surface area contributed by atoms with Gasteiger partial charge in [0.25, 0.3) is 6.43 Å². The number of hydrogen-bond acceptors (Lipinski definition) is 1. The molecule has 0 atom stereocenters. The highest BCUT2D eigenvalue weighted by molar-refractivity contribution is 9.08. The summed E-state index contributed by atoms with van der Waals surface area (Å²) < 4.78 is 37.8. The second kappa shape index (κ2) is 4.09. The first kappa shape index (κ1) is 10.5. The van der Waals surface area contributed by atoms with Crippen molar-refractivity contribution in [2.75, 3.05) is 0 Å². The lowest BCUT2D eigenvalue weighted by molar-refractivity contribution is 0.149. The molecule has 0 N–H and O–H groups in total. The van der Waals surface area contributed by atoms with E-state index in [1.807, 2.05) is 0 Å². The van der Waals surface area contributed by atoms with E-state index >= 15 is 0 Å². The molecule has 1 rings (SSSR count). The van der Waals surface area contributed by atoms with Crippen LogP contribution < -0.4 is 0 Å². The van der Waals surface area contributed by atoms with E-state index in [2.05, 4.69) is 20.9 Å². The van der Waals surface area contributed by atoms with Crippen LogP contribution in [0.1, 0.15) is 23.2 Å². The van der Waals surface area contributed by atoms with E-state index in [9.17, 15) is 13.2 Å². The van der Waals surface area contributed by atoms with E-state index in [4.69, 9.17) is 0 Å². The maximum atomic E-state index is 13.2. The minimum absolute atomic E-state index is 0.0116. The van der Waals surface area contributed by atoms with Crippen molar-refractivity contribution in [2.45, 2.75) is 18.7 Å². The third-order valence-electron chi connectivity index (χ3n) is 1.70. The zero-order valence-corrected chi connectivity index (χ0v) is 8.41. The van der Waals surface area contributed by atoms with Gasteiger partial charge in [-0.2, -0.15) is 0 Å². The molecule has 0 unspecified atom stereocenters. The summed E-state index contributed by atoms with van der Waals surface area (Å²) in [4.78, 5) is 3.53. The van der Waals surface area contributed by atoms with Gasteiger partial charge < -0.3 is 0 Å². The number of aromatic nitrogens is 1. The molecule has 0 bridgehead atoms. The Morgan fingerprint density at radius 3 is 2.62 bits per heavy atom. The van der Waals surface area contributed by atoms with Crippen LogP contribution in [0.4, 0.5) is 13.2 Å². The molecule has 13 heavy (non-hydrogen) atoms. The lowest BCUT2D eigenvalue weighted by atomic mass is 10.1. The summed E-state index contributed by atoms with van der Waals surface area (Å²) in [5.74, 6) is -0.658. The largest absolute Gasteiger partial charge is 0.265 e. The molecule has 1 aromatic heterocycles. The number of nitrogens with zero attached hydrogens (tertiary/aromatic N) is 1. The zero-order valence-electron chi connectivity index (χ0n) is 6.82. The maximum Gasteiger partial charge on any atom is 0.265 e. The van der Waals surface area contributed by atoms with Crippen molar-refractivity contribution in [3.63, 3.8) is 0 Å². The summed E-state index contributed by atoms with van der Waals surface area (Å²) in [5.41, 5.74) is -0.221. The molecule has 0 spiro atoms. The van der Waals surface area contributed by atoms with Crippen LogP contribution in [0.25, 0.3) is 0 Å². The van der Waals surface area contributed by atoms with E-state index in [1.165, 1.54) is 6.92 Å². The second-order valence-electron chi connectivity index (χ2n) is 2.53. The fourth-order valence-corrected chi connectivity index (χ4v) is 1.54. The molecule has 1 nitrogen and oxygen atoms in total. The number of alkyl halides is 3. The average Bonchev–Trinajstić information content (AvgIpc) is 2.09. The van der Waals surface area contributed by atoms with E-state index in [1.54, 1.807) is 0 Å². The van der Waals surface area contributed by atoms with Crippen molar-refractivity contribution in [3.8, 4) is 0 Å². The van der Waals surface area contributed by atoms with Crippen molar-refractivity contribution >= 4 is 15.9 Å². The van der Waals surface area contributed by atoms with Gasteiger partial charge in [-0.3, -0.25) is 4.98 Å². The molecule has 1 heterocycles. The minimum Gasteiger partial charge on any atom is -0.258 e. The molecule has 0 fully saturated rings. The predicted octanol–water partition coefficient (Wildman–Crippen LogP) is 3.36. The number of rotatable bonds is 2. The van der Waals surface area contributed by atoms with Crippen LogP contribution in [-0.2, 0) is 5.33 Å². The van der Waals surface area contributed by atoms with Gasteiger partial charge in [0.15, 0.2) is 0 Å². The first-order chi connectivity index (χ1) is 6.07. The fraction of sp³-hybridized carbons (Fsp3) is 0.375. The number of hydrogen-bond donors (Lipinski definition) is 0. The van der Waals surface area contributed by atoms with Crippen LogP contribution >= 0.6 is 15.9 Å². The molecule has 0 radical (unpaired) electrons. The molecule has 0 saturated heterocycles. The Kier molecular flexibility index (Phi) is 3.30. The molecule has 0 amide bonds. The fourth-order valence-electron chi connectivity index (χ4n) is 0.970. The SMILES string of the molecule is Cc1ncc(C(F)F)c(CBr)c1F. The molecule has 0 aliphatic rings. The quantitative estimate of drug-likeness (QED) is 0.737. The smallest absolute Gasteiger partial charge is 0.258 e. The zero-order chi connectivity index (χ0) is 10.0. The van der Waals surface area contributed by atoms with Gasteiger partial charge in [-0.15, -0.1) is 0 Å². The van der Waals surface area contributed by atoms with E-state index in [0.29, 0.717) is 0 Å². The highest BCUT2D eigenvalue weighted by atomic mass is 79.9. The second-order valence-corrected chi connectivity index (χ2v) is 3.09. The Hall–Kier alpha value is -0.580. The third-order valence-corrected chi connectivity index (χ3v) is 2.26. The van der Waals surface area contributed by atoms with Gasteiger partial charge in [0.2, 0.25) is 0 Å². The van der Waals surface area contributed by atoms with Crippen LogP contribution in [0.3, 0.4) is 0 Å². The summed E-state index contributed by atoms with van der Waals surface area (Å²) >= 11 is 2.96. The Morgan fingerprint density at radius 2 is 2.15 bits per heavy atom. The van der Waals surface area contributed by atoms with Crippen LogP contribution in [0, 0.1) is 12.7 Å². The molecule has 0 aliphatic heterocycles. The third kappa shape index (κ3) is 2.02. The average molecular weight is 254 g/mol. The molecule has 5 heteroatoms. The summed E-state index contributed by atoms with van der Waals surface area (Å²) in [5, 5.41) is 0.0713. The van der Waals surface area contributed by atoms with E-state index in [0.717, 1.165) is 6.20 Å². The van der Waals surface area contributed by atoms with Crippen molar-refractivity contribution < 1.29 is 13.2 Å². The Labute approximate surface area is 82.1 Å². The first-order valence-electron chi connectivity index (χ1n) is 3.56. The van der Waals surface area contributed by atoms with Gasteiger partial charge >= 0.3 is 0 Å². The van der Waals surface area contributed by atoms with Crippen LogP contribution in [0.15, 0.2) is 6.20 Å². The van der Waals surface area contributed by atoms with Crippen molar-refractivity contribution in [2.24, 2.45) is 0 Å². The standard InChI is InChI=1S/C8H7BrF3N/c1-4-7(10)5(2-9)6(3-13-4)8(11)12/h3,8H,2H2,1H3. The monoisotopic (exact) mass is 253 g/mol. The van der Waals surface area contributed by atoms with Gasteiger partial charge in [-0.05, 0) is 6.92 Å². The highest BCUT2D eigenvalue weighted by Crippen LogP contribution is 2.26. The summed E-state index contributed by atoms with van der Waals surface area (Å²) in [6.45, 7) is 1.44. The van der Waals surface area contributed by atoms with Gasteiger partial charge in [0.05, 0.1) is 5.69 Å². The molecular weight excluding hydrogens is 247 g/mol. The van der Waals surface area contributed by atoms with Crippen LogP contribution in [-0.4, -0.2) is 4.98 Å². The molecular formula is C8H7BrF3N. The van der Waals surface area contributed by atoms with Crippen LogP contribution in [0.2, 0.25) is 0 Å². The Balaban J connectivity index is 3.30. The molecule has 1 aromatic rings. The molecule has 0 aliphatic carbocycles. The van der Waals surface area contributed by atoms with E-state index in [-0.39, 0.29) is 22.2 Å². The van der Waals surface area contributed by atoms with Gasteiger partial charge in [0, 0.05) is 22.7 Å². The molecule has 0 saturated carbocycles. The maximum absolute atomic E-state index is 13.2. The van der Waals surface area contributed by atoms with Crippen molar-refractivity contribution in [1.82, 2.24) is 4.98 Å². The molecule has 0 aromatic carbocycles. The van der Waals surface area contributed by atoms with Crippen molar-refractivity contribution in [3.05, 3.63) is 28.8 Å². The topological polar surface area (TPSA) is 12.9 Å². The van der Waals surface area contributed by atoms with Crippen LogP contribution in [0.5, 0.6) is 0 Å². The summed E-state index contributed by atoms with van der Waals surface area (Å²) in [6.07, 6.45) is -1.67. The molecule has 72 valence electrons. The normalized spacial score (nSPS) is 10.9. The predicted molar refractivity (Wildman–Crippen MR) is 46.5 cm³/mol. The number of halogens is 4. The lowest BCUT2D eigenvalue weighted by Gasteiger charge is -2.07. The summed E-state index contributed by atoms with van der Waals surface area (Å²) in [6, 6.07) is 0. The minimum atomic E-state index is -2.69. The summed E-state index contributed by atoms with van der Waals surface area (Å²) in [7, 11) is 0. The lowest BCUT2D eigenvalue weighted by Crippen LogP contribution is -2.01. The van der Waals surface area contributed by atoms with E-state index < -0.39 is 12.2 Å². The van der Waals surface area contributed by atoms with Gasteiger partial charge in [-0.1, -0.05) is 15.9 Å². The number of aryl methyl sites for hydroxylation is 1.